The summed E-state index contributed by atoms with van der Waals surface area (Å²) in [5.74, 6) is 0.521. The van der Waals surface area contributed by atoms with Gasteiger partial charge in [0, 0.05) is 5.25 Å². The van der Waals surface area contributed by atoms with E-state index in [9.17, 15) is 5.11 Å². The van der Waals surface area contributed by atoms with Crippen LogP contribution in [-0.4, -0.2) is 33.4 Å². The van der Waals surface area contributed by atoms with Crippen LogP contribution < -0.4 is 0 Å². The fraction of sp³-hybridized carbons (Fsp3) is 1.00. The molecule has 0 aromatic carbocycles. The van der Waals surface area contributed by atoms with Crippen LogP contribution in [0.25, 0.3) is 0 Å². The summed E-state index contributed by atoms with van der Waals surface area (Å²) < 4.78 is 0. The smallest absolute Gasteiger partial charge is 0.0720 e. The number of aliphatic hydroxyl groups is 2. The number of hydrogen-bond acceptors (Lipinski definition) is 3. The predicted octanol–water partition coefficient (Wildman–Crippen LogP) is -0.157. The van der Waals surface area contributed by atoms with Crippen molar-refractivity contribution in [1.29, 1.82) is 0 Å². The highest BCUT2D eigenvalue weighted by Gasteiger charge is 2.53. The van der Waals surface area contributed by atoms with Gasteiger partial charge in [0.15, 0.2) is 0 Å². The Balaban J connectivity index is 1.99. The molecule has 3 heteroatoms. The molecule has 0 spiro atoms. The third-order valence-electron chi connectivity index (χ3n) is 2.13. The summed E-state index contributed by atoms with van der Waals surface area (Å²) in [6.45, 7) is 0.138. The lowest BCUT2D eigenvalue weighted by atomic mass is 10.2. The quantitative estimate of drug-likeness (QED) is 0.540. The van der Waals surface area contributed by atoms with Gasteiger partial charge in [0.2, 0.25) is 0 Å². The largest absolute Gasteiger partial charge is 0.395 e. The van der Waals surface area contributed by atoms with E-state index in [2.05, 4.69) is 0 Å². The van der Waals surface area contributed by atoms with Crippen LogP contribution in [0.2, 0.25) is 0 Å². The van der Waals surface area contributed by atoms with E-state index in [0.717, 1.165) is 0 Å². The Morgan fingerprint density at radius 3 is 2.67 bits per heavy atom. The zero-order valence-electron chi connectivity index (χ0n) is 5.03. The minimum atomic E-state index is -0.218. The van der Waals surface area contributed by atoms with Crippen LogP contribution in [0.3, 0.4) is 0 Å². The maximum absolute atomic E-state index is 9.32. The zero-order valence-corrected chi connectivity index (χ0v) is 5.84. The molecule has 4 unspecified atom stereocenters. The highest BCUT2D eigenvalue weighted by Crippen LogP contribution is 2.54. The second-order valence-electron chi connectivity index (χ2n) is 2.79. The summed E-state index contributed by atoms with van der Waals surface area (Å²) in [5.41, 5.74) is 0. The second-order valence-corrected chi connectivity index (χ2v) is 4.27. The first-order chi connectivity index (χ1) is 4.33. The topological polar surface area (TPSA) is 40.5 Å². The van der Waals surface area contributed by atoms with Crippen LogP contribution in [0.1, 0.15) is 6.42 Å². The van der Waals surface area contributed by atoms with Crippen molar-refractivity contribution in [3.63, 3.8) is 0 Å². The first-order valence-electron chi connectivity index (χ1n) is 3.27. The fourth-order valence-corrected chi connectivity index (χ4v) is 3.03. The molecule has 1 saturated carbocycles. The average Bonchev–Trinajstić information content (AvgIpc) is 2.55. The van der Waals surface area contributed by atoms with Crippen LogP contribution in [-0.2, 0) is 0 Å². The van der Waals surface area contributed by atoms with Gasteiger partial charge in [-0.25, -0.2) is 0 Å². The standard InChI is InChI=1S/C6H10O2S/c7-2-5-6(8)3-1-4(3)9-5/h3-8H,1-2H2. The molecule has 1 aliphatic heterocycles. The molecule has 0 aromatic rings. The summed E-state index contributed by atoms with van der Waals surface area (Å²) in [7, 11) is 0. The summed E-state index contributed by atoms with van der Waals surface area (Å²) in [5, 5.41) is 18.8. The van der Waals surface area contributed by atoms with E-state index < -0.39 is 0 Å². The number of thioether (sulfide) groups is 1. The first-order valence-corrected chi connectivity index (χ1v) is 4.21. The van der Waals surface area contributed by atoms with Gasteiger partial charge in [0.25, 0.3) is 0 Å². The van der Waals surface area contributed by atoms with Gasteiger partial charge in [-0.05, 0) is 12.3 Å². The Labute approximate surface area is 58.3 Å². The van der Waals surface area contributed by atoms with E-state index in [0.29, 0.717) is 11.2 Å². The molecule has 4 atom stereocenters. The maximum atomic E-state index is 9.32. The van der Waals surface area contributed by atoms with Crippen LogP contribution in [0.15, 0.2) is 0 Å². The van der Waals surface area contributed by atoms with Crippen molar-refractivity contribution in [3.05, 3.63) is 0 Å². The molecule has 9 heavy (non-hydrogen) atoms. The van der Waals surface area contributed by atoms with Gasteiger partial charge in [0.05, 0.1) is 18.0 Å². The van der Waals surface area contributed by atoms with E-state index in [1.165, 1.54) is 6.42 Å². The fourth-order valence-electron chi connectivity index (χ4n) is 1.44. The average molecular weight is 146 g/mol. The van der Waals surface area contributed by atoms with Gasteiger partial charge in [-0.15, -0.1) is 11.8 Å². The Morgan fingerprint density at radius 1 is 1.56 bits per heavy atom. The minimum Gasteiger partial charge on any atom is -0.395 e. The lowest BCUT2D eigenvalue weighted by Gasteiger charge is -2.12. The molecule has 0 amide bonds. The molecule has 2 N–H and O–H groups in total. The van der Waals surface area contributed by atoms with E-state index in [1.807, 2.05) is 0 Å². The lowest BCUT2D eigenvalue weighted by molar-refractivity contribution is 0.127. The van der Waals surface area contributed by atoms with E-state index in [-0.39, 0.29) is 18.0 Å². The van der Waals surface area contributed by atoms with E-state index in [4.69, 9.17) is 5.11 Å². The van der Waals surface area contributed by atoms with Crippen molar-refractivity contribution in [1.82, 2.24) is 0 Å². The van der Waals surface area contributed by atoms with Crippen LogP contribution in [0, 0.1) is 5.92 Å². The van der Waals surface area contributed by atoms with Crippen LogP contribution in [0.4, 0.5) is 0 Å². The summed E-state index contributed by atoms with van der Waals surface area (Å²) in [6.07, 6.45) is 0.951. The molecule has 2 nitrogen and oxygen atoms in total. The molecule has 2 rings (SSSR count). The van der Waals surface area contributed by atoms with E-state index >= 15 is 0 Å². The molecule has 0 bridgehead atoms. The molecular formula is C6H10O2S. The molecular weight excluding hydrogens is 136 g/mol. The maximum Gasteiger partial charge on any atom is 0.0720 e. The van der Waals surface area contributed by atoms with Gasteiger partial charge >= 0.3 is 0 Å². The van der Waals surface area contributed by atoms with Gasteiger partial charge in [-0.3, -0.25) is 0 Å². The van der Waals surface area contributed by atoms with E-state index in [1.54, 1.807) is 11.8 Å². The highest BCUT2D eigenvalue weighted by molar-refractivity contribution is 8.01. The SMILES string of the molecule is OCC1SC2CC2C1O. The Morgan fingerprint density at radius 2 is 2.33 bits per heavy atom. The first kappa shape index (κ1) is 6.01. The molecule has 2 aliphatic rings. The normalized spacial score (nSPS) is 55.3. The van der Waals surface area contributed by atoms with Crippen molar-refractivity contribution >= 4 is 11.8 Å². The molecule has 0 radical (unpaired) electrons. The molecule has 52 valence electrons. The minimum absolute atomic E-state index is 0.119. The van der Waals surface area contributed by atoms with Crippen molar-refractivity contribution in [2.24, 2.45) is 5.92 Å². The molecule has 2 fully saturated rings. The van der Waals surface area contributed by atoms with Gasteiger partial charge < -0.3 is 10.2 Å². The van der Waals surface area contributed by atoms with Gasteiger partial charge in [-0.2, -0.15) is 0 Å². The number of aliphatic hydroxyl groups excluding tert-OH is 2. The zero-order chi connectivity index (χ0) is 6.43. The van der Waals surface area contributed by atoms with Crippen molar-refractivity contribution < 1.29 is 10.2 Å². The monoisotopic (exact) mass is 146 g/mol. The Hall–Kier alpha value is 0.270. The lowest BCUT2D eigenvalue weighted by Crippen LogP contribution is -2.24. The van der Waals surface area contributed by atoms with Crippen molar-refractivity contribution in [2.75, 3.05) is 6.61 Å². The Kier molecular flexibility index (Phi) is 1.25. The molecule has 1 heterocycles. The molecule has 1 saturated heterocycles. The van der Waals surface area contributed by atoms with Gasteiger partial charge in [0.1, 0.15) is 0 Å². The number of rotatable bonds is 1. The van der Waals surface area contributed by atoms with Gasteiger partial charge in [-0.1, -0.05) is 0 Å². The highest BCUT2D eigenvalue weighted by atomic mass is 32.2. The molecule has 1 aliphatic carbocycles. The molecule has 0 aromatic heterocycles. The van der Waals surface area contributed by atoms with Crippen LogP contribution >= 0.6 is 11.8 Å². The summed E-state index contributed by atoms with van der Waals surface area (Å²) in [6, 6.07) is 0. The predicted molar refractivity (Wildman–Crippen MR) is 36.4 cm³/mol. The summed E-state index contributed by atoms with van der Waals surface area (Å²) >= 11 is 1.75. The van der Waals surface area contributed by atoms with Crippen molar-refractivity contribution in [2.45, 2.75) is 23.0 Å². The third-order valence-corrected chi connectivity index (χ3v) is 3.80. The number of hydrogen-bond donors (Lipinski definition) is 2. The van der Waals surface area contributed by atoms with Crippen LogP contribution in [0.5, 0.6) is 0 Å². The second kappa shape index (κ2) is 1.87. The van der Waals surface area contributed by atoms with Crippen molar-refractivity contribution in [3.8, 4) is 0 Å². The third kappa shape index (κ3) is 0.791. The Bertz CT molecular complexity index is 128. The number of fused-ring (bicyclic) bond motifs is 1. The summed E-state index contributed by atoms with van der Waals surface area (Å²) in [4.78, 5) is 0.